The molecule has 2 aromatic rings. The maximum absolute atomic E-state index is 5.10. The molecule has 0 aliphatic rings. The lowest BCUT2D eigenvalue weighted by Crippen LogP contribution is -2.11. The van der Waals surface area contributed by atoms with E-state index >= 15 is 0 Å². The van der Waals surface area contributed by atoms with Crippen LogP contribution in [-0.4, -0.2) is 24.1 Å². The molecule has 2 rings (SSSR count). The van der Waals surface area contributed by atoms with Gasteiger partial charge in [-0.3, -0.25) is 0 Å². The molecular weight excluding hydrogens is 332 g/mol. The van der Waals surface area contributed by atoms with Gasteiger partial charge in [-0.2, -0.15) is 0 Å². The molecule has 0 saturated heterocycles. The number of nitrogens with one attached hydrogen (secondary N) is 2. The zero-order valence-corrected chi connectivity index (χ0v) is 13.9. The van der Waals surface area contributed by atoms with Crippen molar-refractivity contribution in [1.29, 1.82) is 0 Å². The summed E-state index contributed by atoms with van der Waals surface area (Å²) < 4.78 is 6.17. The Morgan fingerprint density at radius 2 is 1.86 bits per heavy atom. The van der Waals surface area contributed by atoms with Crippen molar-refractivity contribution in [3.63, 3.8) is 0 Å². The fraction of sp³-hybridized carbons (Fsp3) is 0.333. The first-order chi connectivity index (χ1) is 10.1. The fourth-order valence-corrected chi connectivity index (χ4v) is 2.21. The van der Waals surface area contributed by atoms with Crippen LogP contribution in [0.3, 0.4) is 0 Å². The van der Waals surface area contributed by atoms with Crippen molar-refractivity contribution in [3.8, 4) is 0 Å². The van der Waals surface area contributed by atoms with Crippen LogP contribution in [0.25, 0.3) is 0 Å². The van der Waals surface area contributed by atoms with Crippen LogP contribution in [-0.2, 0) is 11.3 Å². The highest BCUT2D eigenvalue weighted by Crippen LogP contribution is 2.21. The molecule has 6 heteroatoms. The summed E-state index contributed by atoms with van der Waals surface area (Å²) in [5.74, 6) is 2.19. The number of aromatic nitrogens is 2. The molecule has 1 unspecified atom stereocenters. The molecule has 0 aliphatic carbocycles. The summed E-state index contributed by atoms with van der Waals surface area (Å²) in [7, 11) is 3.47. The number of methoxy groups -OCH3 is 1. The number of benzene rings is 1. The van der Waals surface area contributed by atoms with Gasteiger partial charge in [-0.25, -0.2) is 9.97 Å². The maximum atomic E-state index is 5.10. The van der Waals surface area contributed by atoms with E-state index in [2.05, 4.69) is 55.6 Å². The summed E-state index contributed by atoms with van der Waals surface area (Å²) in [6.07, 6.45) is 0. The first-order valence-corrected chi connectivity index (χ1v) is 7.48. The van der Waals surface area contributed by atoms with E-state index in [9.17, 15) is 0 Å². The monoisotopic (exact) mass is 350 g/mol. The number of anilines is 2. The molecule has 0 saturated carbocycles. The van der Waals surface area contributed by atoms with Gasteiger partial charge >= 0.3 is 0 Å². The minimum absolute atomic E-state index is 0.146. The van der Waals surface area contributed by atoms with Crippen LogP contribution in [0.2, 0.25) is 0 Å². The summed E-state index contributed by atoms with van der Waals surface area (Å²) in [5, 5.41) is 6.42. The molecule has 1 heterocycles. The molecule has 1 atom stereocenters. The van der Waals surface area contributed by atoms with Crippen molar-refractivity contribution >= 4 is 27.6 Å². The highest BCUT2D eigenvalue weighted by molar-refractivity contribution is 9.10. The van der Waals surface area contributed by atoms with E-state index in [1.54, 1.807) is 7.11 Å². The molecule has 1 aromatic heterocycles. The number of ether oxygens (including phenoxy) is 1. The number of hydrogen-bond acceptors (Lipinski definition) is 5. The second kappa shape index (κ2) is 7.38. The van der Waals surface area contributed by atoms with Gasteiger partial charge in [0.1, 0.15) is 18.2 Å². The smallest absolute Gasteiger partial charge is 0.158 e. The predicted molar refractivity (Wildman–Crippen MR) is 88.5 cm³/mol. The van der Waals surface area contributed by atoms with Gasteiger partial charge in [-0.05, 0) is 24.6 Å². The highest BCUT2D eigenvalue weighted by atomic mass is 79.9. The van der Waals surface area contributed by atoms with Crippen LogP contribution >= 0.6 is 15.9 Å². The molecule has 0 fully saturated rings. The quantitative estimate of drug-likeness (QED) is 0.833. The van der Waals surface area contributed by atoms with E-state index in [0.29, 0.717) is 12.4 Å². The minimum atomic E-state index is 0.146. The van der Waals surface area contributed by atoms with Gasteiger partial charge in [-0.15, -0.1) is 0 Å². The Labute approximate surface area is 133 Å². The van der Waals surface area contributed by atoms with Crippen LogP contribution < -0.4 is 10.6 Å². The summed E-state index contributed by atoms with van der Waals surface area (Å²) in [6, 6.07) is 10.3. The molecule has 2 N–H and O–H groups in total. The number of halogens is 1. The van der Waals surface area contributed by atoms with Crippen molar-refractivity contribution < 1.29 is 4.74 Å². The molecule has 112 valence electrons. The first-order valence-electron chi connectivity index (χ1n) is 6.69. The largest absolute Gasteiger partial charge is 0.377 e. The lowest BCUT2D eigenvalue weighted by molar-refractivity contribution is 0.178. The van der Waals surface area contributed by atoms with Gasteiger partial charge in [-0.1, -0.05) is 28.1 Å². The minimum Gasteiger partial charge on any atom is -0.377 e. The zero-order valence-electron chi connectivity index (χ0n) is 12.4. The number of hydrogen-bond donors (Lipinski definition) is 2. The Bertz CT molecular complexity index is 589. The second-order valence-electron chi connectivity index (χ2n) is 4.66. The Kier molecular flexibility index (Phi) is 5.52. The third-order valence-electron chi connectivity index (χ3n) is 3.04. The summed E-state index contributed by atoms with van der Waals surface area (Å²) >= 11 is 3.44. The van der Waals surface area contributed by atoms with Crippen molar-refractivity contribution in [1.82, 2.24) is 9.97 Å². The Morgan fingerprint density at radius 3 is 2.48 bits per heavy atom. The third-order valence-corrected chi connectivity index (χ3v) is 3.57. The lowest BCUT2D eigenvalue weighted by Gasteiger charge is -2.16. The van der Waals surface area contributed by atoms with E-state index in [4.69, 9.17) is 4.74 Å². The highest BCUT2D eigenvalue weighted by Gasteiger charge is 2.09. The van der Waals surface area contributed by atoms with Gasteiger partial charge in [0, 0.05) is 30.7 Å². The van der Waals surface area contributed by atoms with Gasteiger partial charge < -0.3 is 15.4 Å². The topological polar surface area (TPSA) is 59.1 Å². The van der Waals surface area contributed by atoms with Crippen molar-refractivity contribution in [3.05, 3.63) is 46.2 Å². The third kappa shape index (κ3) is 4.41. The summed E-state index contributed by atoms with van der Waals surface area (Å²) in [5.41, 5.74) is 1.19. The Morgan fingerprint density at radius 1 is 1.19 bits per heavy atom. The molecule has 0 amide bonds. The normalized spacial score (nSPS) is 12.0. The van der Waals surface area contributed by atoms with E-state index in [0.717, 1.165) is 16.1 Å². The molecule has 0 aliphatic heterocycles. The molecule has 0 spiro atoms. The molecular formula is C15H19BrN4O. The van der Waals surface area contributed by atoms with Crippen LogP contribution in [0.1, 0.15) is 24.4 Å². The Balaban J connectivity index is 2.17. The molecule has 1 aromatic carbocycles. The van der Waals surface area contributed by atoms with Crippen LogP contribution in [0.4, 0.5) is 11.6 Å². The van der Waals surface area contributed by atoms with Gasteiger partial charge in [0.05, 0.1) is 0 Å². The van der Waals surface area contributed by atoms with Crippen molar-refractivity contribution in [2.75, 3.05) is 24.8 Å². The average molecular weight is 351 g/mol. The molecule has 21 heavy (non-hydrogen) atoms. The predicted octanol–water partition coefficient (Wildman–Crippen LogP) is 3.60. The van der Waals surface area contributed by atoms with Gasteiger partial charge in [0.2, 0.25) is 0 Å². The SMILES string of the molecule is CNc1cc(NC(C)c2ccc(Br)cc2)nc(COC)n1. The van der Waals surface area contributed by atoms with E-state index in [1.165, 1.54) is 5.56 Å². The summed E-state index contributed by atoms with van der Waals surface area (Å²) in [4.78, 5) is 8.80. The molecule has 5 nitrogen and oxygen atoms in total. The van der Waals surface area contributed by atoms with Crippen LogP contribution in [0, 0.1) is 0 Å². The summed E-state index contributed by atoms with van der Waals surface area (Å²) in [6.45, 7) is 2.48. The first kappa shape index (κ1) is 15.7. The second-order valence-corrected chi connectivity index (χ2v) is 5.57. The van der Waals surface area contributed by atoms with Crippen LogP contribution in [0.15, 0.2) is 34.8 Å². The standard InChI is InChI=1S/C15H19BrN4O/c1-10(11-4-6-12(16)7-5-11)18-14-8-13(17-2)19-15(20-14)9-21-3/h4-8,10H,9H2,1-3H3,(H2,17,18,19,20). The van der Waals surface area contributed by atoms with E-state index < -0.39 is 0 Å². The van der Waals surface area contributed by atoms with E-state index in [1.807, 2.05) is 25.2 Å². The van der Waals surface area contributed by atoms with E-state index in [-0.39, 0.29) is 6.04 Å². The zero-order chi connectivity index (χ0) is 15.2. The van der Waals surface area contributed by atoms with Gasteiger partial charge in [0.25, 0.3) is 0 Å². The molecule has 0 radical (unpaired) electrons. The van der Waals surface area contributed by atoms with Crippen LogP contribution in [0.5, 0.6) is 0 Å². The van der Waals surface area contributed by atoms with Crippen molar-refractivity contribution in [2.45, 2.75) is 19.6 Å². The van der Waals surface area contributed by atoms with Gasteiger partial charge in [0.15, 0.2) is 5.82 Å². The lowest BCUT2D eigenvalue weighted by atomic mass is 10.1. The maximum Gasteiger partial charge on any atom is 0.158 e. The fourth-order valence-electron chi connectivity index (χ4n) is 1.95. The number of rotatable bonds is 6. The van der Waals surface area contributed by atoms with Crippen molar-refractivity contribution in [2.24, 2.45) is 0 Å². The average Bonchev–Trinajstić information content (AvgIpc) is 2.48. The molecule has 0 bridgehead atoms. The number of nitrogens with zero attached hydrogens (tertiary/aromatic N) is 2. The Hall–Kier alpha value is -1.66.